The Balaban J connectivity index is 1.95. The van der Waals surface area contributed by atoms with Crippen LogP contribution in [0.15, 0.2) is 22.8 Å². The lowest BCUT2D eigenvalue weighted by molar-refractivity contribution is -0.149. The summed E-state index contributed by atoms with van der Waals surface area (Å²) in [5.74, 6) is -0.382. The highest BCUT2D eigenvalue weighted by Crippen LogP contribution is 2.10. The zero-order valence-electron chi connectivity index (χ0n) is 10.0. The Labute approximate surface area is 104 Å². The number of rotatable bonds is 3. The second-order valence-electron chi connectivity index (χ2n) is 4.19. The van der Waals surface area contributed by atoms with Crippen molar-refractivity contribution in [2.75, 3.05) is 6.54 Å². The summed E-state index contributed by atoms with van der Waals surface area (Å²) < 4.78 is 5.12. The van der Waals surface area contributed by atoms with Gasteiger partial charge in [-0.15, -0.1) is 0 Å². The highest BCUT2D eigenvalue weighted by molar-refractivity contribution is 6.04. The topological polar surface area (TPSA) is 79.6 Å². The molecule has 1 fully saturated rings. The molecule has 1 aliphatic rings. The summed E-state index contributed by atoms with van der Waals surface area (Å²) in [5, 5.41) is 2.19. The normalized spacial score (nSPS) is 19.8. The van der Waals surface area contributed by atoms with Crippen LogP contribution in [-0.4, -0.2) is 35.2 Å². The molecule has 1 unspecified atom stereocenters. The van der Waals surface area contributed by atoms with Crippen molar-refractivity contribution in [2.45, 2.75) is 25.8 Å². The van der Waals surface area contributed by atoms with Crippen molar-refractivity contribution in [3.63, 3.8) is 0 Å². The number of imide groups is 1. The first kappa shape index (κ1) is 12.3. The summed E-state index contributed by atoms with van der Waals surface area (Å²) in [6, 6.07) is 2.93. The van der Waals surface area contributed by atoms with Crippen molar-refractivity contribution < 1.29 is 18.8 Å². The highest BCUT2D eigenvalue weighted by Gasteiger charge is 2.33. The van der Waals surface area contributed by atoms with Crippen molar-refractivity contribution in [2.24, 2.45) is 0 Å². The van der Waals surface area contributed by atoms with Gasteiger partial charge in [0.1, 0.15) is 18.3 Å². The van der Waals surface area contributed by atoms with E-state index < -0.39 is 17.9 Å². The number of carbonyl (C=O) groups excluding carboxylic acids is 3. The van der Waals surface area contributed by atoms with Gasteiger partial charge in [-0.25, -0.2) is 0 Å². The molecule has 0 spiro atoms. The van der Waals surface area contributed by atoms with E-state index in [0.717, 1.165) is 0 Å². The zero-order chi connectivity index (χ0) is 13.1. The van der Waals surface area contributed by atoms with Gasteiger partial charge in [-0.05, 0) is 19.1 Å². The SMILES string of the molecule is CC1C(=O)NC(=O)CN1C(=O)CCc1ccco1. The molecule has 6 heteroatoms. The summed E-state index contributed by atoms with van der Waals surface area (Å²) in [6.45, 7) is 1.54. The number of nitrogens with one attached hydrogen (secondary N) is 1. The number of nitrogens with zero attached hydrogens (tertiary/aromatic N) is 1. The van der Waals surface area contributed by atoms with Gasteiger partial charge in [0.25, 0.3) is 0 Å². The number of carbonyl (C=O) groups is 3. The van der Waals surface area contributed by atoms with Gasteiger partial charge in [0.05, 0.1) is 6.26 Å². The highest BCUT2D eigenvalue weighted by atomic mass is 16.3. The van der Waals surface area contributed by atoms with Gasteiger partial charge in [0.2, 0.25) is 17.7 Å². The molecule has 0 bridgehead atoms. The third-order valence-electron chi connectivity index (χ3n) is 2.91. The van der Waals surface area contributed by atoms with E-state index in [9.17, 15) is 14.4 Å². The van der Waals surface area contributed by atoms with Crippen LogP contribution in [0.4, 0.5) is 0 Å². The van der Waals surface area contributed by atoms with Gasteiger partial charge < -0.3 is 9.32 Å². The fraction of sp³-hybridized carbons (Fsp3) is 0.417. The van der Waals surface area contributed by atoms with E-state index in [1.807, 2.05) is 0 Å². The summed E-state index contributed by atoms with van der Waals surface area (Å²) in [6.07, 6.45) is 2.23. The van der Waals surface area contributed by atoms with Crippen LogP contribution < -0.4 is 5.32 Å². The lowest BCUT2D eigenvalue weighted by atomic mass is 10.1. The van der Waals surface area contributed by atoms with Gasteiger partial charge in [0, 0.05) is 12.8 Å². The maximum atomic E-state index is 11.9. The maximum absolute atomic E-state index is 11.9. The summed E-state index contributed by atoms with van der Waals surface area (Å²) in [5.41, 5.74) is 0. The van der Waals surface area contributed by atoms with Gasteiger partial charge in [0.15, 0.2) is 0 Å². The minimum atomic E-state index is -0.605. The van der Waals surface area contributed by atoms with Crippen molar-refractivity contribution >= 4 is 17.7 Å². The van der Waals surface area contributed by atoms with Crippen LogP contribution >= 0.6 is 0 Å². The molecule has 0 saturated carbocycles. The molecule has 6 nitrogen and oxygen atoms in total. The Kier molecular flexibility index (Phi) is 3.45. The van der Waals surface area contributed by atoms with Crippen molar-refractivity contribution in [1.29, 1.82) is 0 Å². The Morgan fingerprint density at radius 1 is 1.56 bits per heavy atom. The Morgan fingerprint density at radius 2 is 2.33 bits per heavy atom. The van der Waals surface area contributed by atoms with Gasteiger partial charge >= 0.3 is 0 Å². The molecule has 3 amide bonds. The molecule has 18 heavy (non-hydrogen) atoms. The second kappa shape index (κ2) is 5.03. The monoisotopic (exact) mass is 250 g/mol. The van der Waals surface area contributed by atoms with Crippen molar-refractivity contribution in [3.8, 4) is 0 Å². The molecule has 2 heterocycles. The molecule has 0 aliphatic carbocycles. The van der Waals surface area contributed by atoms with Gasteiger partial charge in [-0.3, -0.25) is 19.7 Å². The molecule has 1 aromatic rings. The molecular formula is C12H14N2O4. The van der Waals surface area contributed by atoms with E-state index in [2.05, 4.69) is 5.32 Å². The summed E-state index contributed by atoms with van der Waals surface area (Å²) in [4.78, 5) is 35.9. The van der Waals surface area contributed by atoms with E-state index in [4.69, 9.17) is 4.42 Å². The smallest absolute Gasteiger partial charge is 0.249 e. The quantitative estimate of drug-likeness (QED) is 0.771. The average molecular weight is 250 g/mol. The first-order valence-electron chi connectivity index (χ1n) is 5.73. The van der Waals surface area contributed by atoms with Crippen LogP contribution in [0.25, 0.3) is 0 Å². The van der Waals surface area contributed by atoms with E-state index in [0.29, 0.717) is 12.2 Å². The van der Waals surface area contributed by atoms with E-state index in [1.54, 1.807) is 25.3 Å². The molecular weight excluding hydrogens is 236 g/mol. The molecule has 2 rings (SSSR count). The van der Waals surface area contributed by atoms with E-state index in [1.165, 1.54) is 4.90 Å². The molecule has 96 valence electrons. The molecule has 1 aromatic heterocycles. The molecule has 0 radical (unpaired) electrons. The molecule has 1 saturated heterocycles. The molecule has 0 aromatic carbocycles. The first-order chi connectivity index (χ1) is 8.58. The number of hydrogen-bond acceptors (Lipinski definition) is 4. The summed E-state index contributed by atoms with van der Waals surface area (Å²) in [7, 11) is 0. The lowest BCUT2D eigenvalue weighted by Gasteiger charge is -2.31. The predicted octanol–water partition coefficient (Wildman–Crippen LogP) is 0.0857. The number of amides is 3. The third kappa shape index (κ3) is 2.58. The molecule has 1 atom stereocenters. The predicted molar refractivity (Wildman–Crippen MR) is 61.4 cm³/mol. The van der Waals surface area contributed by atoms with E-state index >= 15 is 0 Å². The van der Waals surface area contributed by atoms with Crippen LogP contribution in [0.5, 0.6) is 0 Å². The first-order valence-corrected chi connectivity index (χ1v) is 5.73. The Hall–Kier alpha value is -2.11. The van der Waals surface area contributed by atoms with Crippen molar-refractivity contribution in [3.05, 3.63) is 24.2 Å². The van der Waals surface area contributed by atoms with Gasteiger partial charge in [-0.1, -0.05) is 0 Å². The molecule has 1 N–H and O–H groups in total. The zero-order valence-corrected chi connectivity index (χ0v) is 10.0. The third-order valence-corrected chi connectivity index (χ3v) is 2.91. The Morgan fingerprint density at radius 3 is 3.00 bits per heavy atom. The second-order valence-corrected chi connectivity index (χ2v) is 4.19. The number of furan rings is 1. The van der Waals surface area contributed by atoms with Crippen LogP contribution in [-0.2, 0) is 20.8 Å². The minimum Gasteiger partial charge on any atom is -0.469 e. The van der Waals surface area contributed by atoms with Crippen LogP contribution in [0.2, 0.25) is 0 Å². The number of aryl methyl sites for hydroxylation is 1. The fourth-order valence-electron chi connectivity index (χ4n) is 1.85. The van der Waals surface area contributed by atoms with Crippen LogP contribution in [0.3, 0.4) is 0 Å². The van der Waals surface area contributed by atoms with Gasteiger partial charge in [-0.2, -0.15) is 0 Å². The van der Waals surface area contributed by atoms with Crippen LogP contribution in [0.1, 0.15) is 19.1 Å². The minimum absolute atomic E-state index is 0.0656. The average Bonchev–Trinajstić information content (AvgIpc) is 2.83. The molecule has 1 aliphatic heterocycles. The maximum Gasteiger partial charge on any atom is 0.249 e. The number of hydrogen-bond donors (Lipinski definition) is 1. The summed E-state index contributed by atoms with van der Waals surface area (Å²) >= 11 is 0. The number of piperazine rings is 1. The standard InChI is InChI=1S/C12H14N2O4/c1-8-12(17)13-10(15)7-14(8)11(16)5-4-9-3-2-6-18-9/h2-3,6,8H,4-5,7H2,1H3,(H,13,15,17). The Bertz CT molecular complexity index is 466. The fourth-order valence-corrected chi connectivity index (χ4v) is 1.85. The largest absolute Gasteiger partial charge is 0.469 e. The van der Waals surface area contributed by atoms with Crippen molar-refractivity contribution in [1.82, 2.24) is 10.2 Å². The van der Waals surface area contributed by atoms with E-state index in [-0.39, 0.29) is 18.9 Å². The lowest BCUT2D eigenvalue weighted by Crippen LogP contribution is -2.58. The van der Waals surface area contributed by atoms with Crippen LogP contribution in [0, 0.1) is 0 Å².